The molecule has 1 fully saturated rings. The van der Waals surface area contributed by atoms with Crippen LogP contribution >= 0.6 is 12.2 Å². The van der Waals surface area contributed by atoms with E-state index < -0.39 is 28.2 Å². The number of non-ortho nitro benzene ring substituents is 1. The first kappa shape index (κ1) is 18.1. The highest BCUT2D eigenvalue weighted by Crippen LogP contribution is 2.34. The zero-order chi connectivity index (χ0) is 18.7. The number of nitro groups is 1. The first-order valence-corrected chi connectivity index (χ1v) is 7.24. The molecule has 0 atom stereocenters. The number of ether oxygens (including phenoxy) is 1. The number of thiocarbonyl (C=S) groups is 1. The minimum absolute atomic E-state index is 0.0534. The van der Waals surface area contributed by atoms with Crippen molar-refractivity contribution in [1.82, 2.24) is 10.2 Å². The maximum absolute atomic E-state index is 12.4. The molecule has 0 aliphatic carbocycles. The lowest BCUT2D eigenvalue weighted by Crippen LogP contribution is -2.53. The zero-order valence-electron chi connectivity index (χ0n) is 13.0. The van der Waals surface area contributed by atoms with Crippen molar-refractivity contribution >= 4 is 40.9 Å². The van der Waals surface area contributed by atoms with Crippen molar-refractivity contribution in [2.75, 3.05) is 13.7 Å². The first-order valence-electron chi connectivity index (χ1n) is 6.83. The molecule has 2 rings (SSSR count). The Hall–Kier alpha value is -3.27. The molecule has 1 aromatic carbocycles. The molecule has 1 heterocycles. The minimum Gasteiger partial charge on any atom is -0.870 e. The minimum atomic E-state index is -0.805. The van der Waals surface area contributed by atoms with Crippen molar-refractivity contribution in [2.45, 2.75) is 0 Å². The molecule has 1 aromatic rings. The molecule has 10 heteroatoms. The smallest absolute Gasteiger partial charge is 0.273 e. The van der Waals surface area contributed by atoms with Gasteiger partial charge in [0.05, 0.1) is 18.1 Å². The highest BCUT2D eigenvalue weighted by atomic mass is 32.1. The molecule has 2 amide bonds. The average molecular weight is 362 g/mol. The largest absolute Gasteiger partial charge is 0.870 e. The molecule has 0 unspecified atom stereocenters. The topological polar surface area (TPSA) is 125 Å². The summed E-state index contributed by atoms with van der Waals surface area (Å²) in [5.41, 5.74) is -1.02. The Labute approximate surface area is 147 Å². The lowest BCUT2D eigenvalue weighted by Gasteiger charge is -2.28. The fourth-order valence-corrected chi connectivity index (χ4v) is 2.37. The number of methoxy groups -OCH3 is 1. The van der Waals surface area contributed by atoms with E-state index in [0.717, 1.165) is 23.1 Å². The third-order valence-corrected chi connectivity index (χ3v) is 3.62. The molecule has 1 aliphatic heterocycles. The molecule has 1 aliphatic rings. The second kappa shape index (κ2) is 7.09. The number of nitrogens with one attached hydrogen (secondary N) is 1. The number of hydrogen-bond acceptors (Lipinski definition) is 7. The van der Waals surface area contributed by atoms with Crippen LogP contribution in [0.1, 0.15) is 5.56 Å². The number of carbonyl (C=O) groups excluding carboxylic acids is 2. The van der Waals surface area contributed by atoms with Crippen LogP contribution in [0.15, 0.2) is 30.4 Å². The van der Waals surface area contributed by atoms with Gasteiger partial charge in [0.15, 0.2) is 5.11 Å². The van der Waals surface area contributed by atoms with Crippen molar-refractivity contribution < 1.29 is 24.4 Å². The Morgan fingerprint density at radius 2 is 2.12 bits per heavy atom. The van der Waals surface area contributed by atoms with Crippen LogP contribution in [0.2, 0.25) is 0 Å². The van der Waals surface area contributed by atoms with Gasteiger partial charge in [0.25, 0.3) is 17.5 Å². The van der Waals surface area contributed by atoms with Gasteiger partial charge in [0.1, 0.15) is 11.3 Å². The summed E-state index contributed by atoms with van der Waals surface area (Å²) in [7, 11) is 1.18. The van der Waals surface area contributed by atoms with E-state index in [9.17, 15) is 24.8 Å². The van der Waals surface area contributed by atoms with E-state index in [2.05, 4.69) is 11.9 Å². The number of hydrogen-bond donors (Lipinski definition) is 1. The van der Waals surface area contributed by atoms with Crippen LogP contribution in [0.4, 0.5) is 5.69 Å². The van der Waals surface area contributed by atoms with Gasteiger partial charge in [-0.2, -0.15) is 0 Å². The van der Waals surface area contributed by atoms with Gasteiger partial charge >= 0.3 is 0 Å². The van der Waals surface area contributed by atoms with E-state index in [1.165, 1.54) is 13.2 Å². The highest BCUT2D eigenvalue weighted by molar-refractivity contribution is 7.80. The molecule has 130 valence electrons. The number of nitro benzene ring substituents is 1. The number of benzene rings is 1. The van der Waals surface area contributed by atoms with Crippen molar-refractivity contribution in [3.63, 3.8) is 0 Å². The molecule has 9 nitrogen and oxygen atoms in total. The summed E-state index contributed by atoms with van der Waals surface area (Å²) in [6.07, 6.45) is 2.39. The average Bonchev–Trinajstić information content (AvgIpc) is 2.56. The van der Waals surface area contributed by atoms with Crippen LogP contribution in [0.25, 0.3) is 6.08 Å². The summed E-state index contributed by atoms with van der Waals surface area (Å²) in [6.45, 7) is 3.55. The Morgan fingerprint density at radius 3 is 2.68 bits per heavy atom. The van der Waals surface area contributed by atoms with Gasteiger partial charge in [-0.1, -0.05) is 11.8 Å². The van der Waals surface area contributed by atoms with E-state index in [4.69, 9.17) is 17.0 Å². The first-order chi connectivity index (χ1) is 11.8. The maximum Gasteiger partial charge on any atom is 0.273 e. The molecule has 0 saturated carbocycles. The van der Waals surface area contributed by atoms with Gasteiger partial charge < -0.3 is 9.84 Å². The van der Waals surface area contributed by atoms with E-state index >= 15 is 0 Å². The van der Waals surface area contributed by atoms with Crippen molar-refractivity contribution in [2.24, 2.45) is 0 Å². The molecule has 0 radical (unpaired) electrons. The summed E-state index contributed by atoms with van der Waals surface area (Å²) in [5, 5.41) is 25.4. The summed E-state index contributed by atoms with van der Waals surface area (Å²) < 4.78 is 4.82. The lowest BCUT2D eigenvalue weighted by atomic mass is 10.1. The van der Waals surface area contributed by atoms with E-state index in [1.54, 1.807) is 0 Å². The lowest BCUT2D eigenvalue weighted by molar-refractivity contribution is -0.385. The standard InChI is InChI=1S/C15H13N3O6S/c1-3-4-17-14(21)10(13(20)16-15(17)25)6-8-5-9(18(22)23)7-11(24-2)12(8)19/h3,5-7,19H,1,4H2,2H3,(H,16,20,25)/p-1/b10-6+. The molecule has 1 saturated heterocycles. The molecule has 0 bridgehead atoms. The summed E-state index contributed by atoms with van der Waals surface area (Å²) in [4.78, 5) is 35.8. The Bertz CT molecular complexity index is 833. The second-order valence-electron chi connectivity index (χ2n) is 4.85. The molecule has 1 N–H and O–H groups in total. The third-order valence-electron chi connectivity index (χ3n) is 3.30. The maximum atomic E-state index is 12.4. The van der Waals surface area contributed by atoms with Crippen LogP contribution in [-0.2, 0) is 9.59 Å². The van der Waals surface area contributed by atoms with Gasteiger partial charge in [0, 0.05) is 12.6 Å². The number of carbonyl (C=O) groups is 2. The number of nitrogens with zero attached hydrogens (tertiary/aromatic N) is 2. The van der Waals surface area contributed by atoms with Gasteiger partial charge in [-0.05, 0) is 23.9 Å². The molecule has 0 aromatic heterocycles. The SMILES string of the molecule is C=CCN1C(=O)/C(=C/c2cc([N+](=O)[O-])cc(OC)c2[O-])C(=O)NC1=S. The quantitative estimate of drug-likeness (QED) is 0.202. The Morgan fingerprint density at radius 1 is 1.44 bits per heavy atom. The molecule has 25 heavy (non-hydrogen) atoms. The highest BCUT2D eigenvalue weighted by Gasteiger charge is 2.32. The Balaban J connectivity index is 2.58. The van der Waals surface area contributed by atoms with Gasteiger partial charge in [-0.25, -0.2) is 0 Å². The summed E-state index contributed by atoms with van der Waals surface area (Å²) in [5.74, 6) is -2.51. The molecular weight excluding hydrogens is 350 g/mol. The summed E-state index contributed by atoms with van der Waals surface area (Å²) in [6, 6.07) is 1.93. The van der Waals surface area contributed by atoms with E-state index in [0.29, 0.717) is 0 Å². The third kappa shape index (κ3) is 3.48. The van der Waals surface area contributed by atoms with E-state index in [1.807, 2.05) is 0 Å². The predicted molar refractivity (Wildman–Crippen MR) is 89.7 cm³/mol. The normalized spacial score (nSPS) is 16.0. The van der Waals surface area contributed by atoms with Gasteiger partial charge in [-0.3, -0.25) is 29.9 Å². The van der Waals surface area contributed by atoms with Crippen LogP contribution in [-0.4, -0.2) is 40.4 Å². The van der Waals surface area contributed by atoms with Crippen LogP contribution in [0.3, 0.4) is 0 Å². The zero-order valence-corrected chi connectivity index (χ0v) is 13.8. The summed E-state index contributed by atoms with van der Waals surface area (Å²) >= 11 is 4.91. The number of amides is 2. The van der Waals surface area contributed by atoms with Crippen molar-refractivity contribution in [3.8, 4) is 11.5 Å². The Kier molecular flexibility index (Phi) is 5.13. The fraction of sp³-hybridized carbons (Fsp3) is 0.133. The molecular formula is C15H12N3O6S-. The van der Waals surface area contributed by atoms with E-state index in [-0.39, 0.29) is 28.5 Å². The fourth-order valence-electron chi connectivity index (χ4n) is 2.12. The van der Waals surface area contributed by atoms with Crippen LogP contribution in [0.5, 0.6) is 11.5 Å². The molecule has 0 spiro atoms. The van der Waals surface area contributed by atoms with Gasteiger partial charge in [0.2, 0.25) is 0 Å². The van der Waals surface area contributed by atoms with Gasteiger partial charge in [-0.15, -0.1) is 6.58 Å². The predicted octanol–water partition coefficient (Wildman–Crippen LogP) is 0.490. The number of rotatable bonds is 5. The van der Waals surface area contributed by atoms with Crippen molar-refractivity contribution in [3.05, 3.63) is 46.0 Å². The van der Waals surface area contributed by atoms with Crippen LogP contribution in [0, 0.1) is 10.1 Å². The van der Waals surface area contributed by atoms with Crippen LogP contribution < -0.4 is 15.2 Å². The second-order valence-corrected chi connectivity index (χ2v) is 5.23. The van der Waals surface area contributed by atoms with Crippen molar-refractivity contribution in [1.29, 1.82) is 0 Å². The monoisotopic (exact) mass is 362 g/mol.